The van der Waals surface area contributed by atoms with Gasteiger partial charge in [0.05, 0.1) is 19.3 Å². The quantitative estimate of drug-likeness (QED) is 0.149. The fourth-order valence-corrected chi connectivity index (χ4v) is 5.06. The highest BCUT2D eigenvalue weighted by atomic mass is 127. The summed E-state index contributed by atoms with van der Waals surface area (Å²) in [4.78, 5) is 26.9. The number of anilines is 1. The van der Waals surface area contributed by atoms with Crippen LogP contribution in [0.5, 0.6) is 5.75 Å². The molecule has 0 bridgehead atoms. The Hall–Kier alpha value is -3.37. The molecule has 1 N–H and O–H groups in total. The number of ether oxygens (including phenoxy) is 1. The summed E-state index contributed by atoms with van der Waals surface area (Å²) >= 11 is 8.66. The first-order valence-electron chi connectivity index (χ1n) is 10.1. The number of fused-ring (bicyclic) bond motifs is 2. The second kappa shape index (κ2) is 8.77. The van der Waals surface area contributed by atoms with E-state index in [0.717, 1.165) is 14.7 Å². The number of carbonyl (C=O) groups excluding carboxylic acids is 1. The van der Waals surface area contributed by atoms with Gasteiger partial charge in [-0.05, 0) is 70.1 Å². The van der Waals surface area contributed by atoms with Gasteiger partial charge in [0.15, 0.2) is 5.71 Å². The smallest absolute Gasteiger partial charge is 0.336 e. The average molecular weight is 587 g/mol. The summed E-state index contributed by atoms with van der Waals surface area (Å²) in [5.74, 6) is 0.0717. The molecule has 1 aliphatic heterocycles. The lowest BCUT2D eigenvalue weighted by Crippen LogP contribution is -2.30. The molecule has 2 heterocycles. The lowest BCUT2D eigenvalue weighted by molar-refractivity contribution is -0.112. The van der Waals surface area contributed by atoms with E-state index in [4.69, 9.17) is 20.8 Å². The first-order chi connectivity index (χ1) is 16.4. The Bertz CT molecular complexity index is 1560. The number of halogens is 2. The molecule has 0 saturated carbocycles. The molecule has 0 spiro atoms. The molecule has 0 radical (unpaired) electrons. The maximum absolute atomic E-state index is 13.2. The molecular weight excluding hydrogens is 571 g/mol. The predicted octanol–water partition coefficient (Wildman–Crippen LogP) is 5.45. The van der Waals surface area contributed by atoms with E-state index in [1.165, 1.54) is 18.1 Å². The normalized spacial score (nSPS) is 14.1. The summed E-state index contributed by atoms with van der Waals surface area (Å²) in [6.45, 7) is 0.0726. The van der Waals surface area contributed by atoms with Crippen LogP contribution in [0.25, 0.3) is 22.1 Å². The van der Waals surface area contributed by atoms with Crippen molar-refractivity contribution in [3.8, 4) is 16.9 Å². The van der Waals surface area contributed by atoms with Crippen molar-refractivity contribution < 1.29 is 19.2 Å². The fraction of sp³-hybridized carbons (Fsp3) is 0.0800. The largest absolute Gasteiger partial charge is 0.497 e. The van der Waals surface area contributed by atoms with Crippen LogP contribution in [0.2, 0.25) is 5.02 Å². The summed E-state index contributed by atoms with van der Waals surface area (Å²) < 4.78 is 11.6. The van der Waals surface area contributed by atoms with Gasteiger partial charge in [-0.2, -0.15) is 0 Å². The molecule has 1 amide bonds. The highest BCUT2D eigenvalue weighted by Gasteiger charge is 2.35. The van der Waals surface area contributed by atoms with Crippen molar-refractivity contribution in [1.82, 2.24) is 0 Å². The Morgan fingerprint density at radius 1 is 1.06 bits per heavy atom. The van der Waals surface area contributed by atoms with E-state index in [9.17, 15) is 14.8 Å². The van der Waals surface area contributed by atoms with Gasteiger partial charge in [-0.25, -0.2) is 4.79 Å². The predicted molar refractivity (Wildman–Crippen MR) is 138 cm³/mol. The zero-order valence-electron chi connectivity index (χ0n) is 17.7. The molecular formula is C25H16ClIN2O5. The summed E-state index contributed by atoms with van der Waals surface area (Å²) in [6, 6.07) is 17.6. The number of methoxy groups -OCH3 is 1. The van der Waals surface area contributed by atoms with Crippen molar-refractivity contribution >= 4 is 62.5 Å². The van der Waals surface area contributed by atoms with E-state index in [2.05, 4.69) is 27.7 Å². The lowest BCUT2D eigenvalue weighted by Gasteiger charge is -2.19. The molecule has 0 saturated heterocycles. The van der Waals surface area contributed by atoms with Crippen LogP contribution < -0.4 is 15.3 Å². The molecule has 0 fully saturated rings. The first-order valence-corrected chi connectivity index (χ1v) is 11.6. The molecule has 1 aromatic heterocycles. The Labute approximate surface area is 212 Å². The summed E-state index contributed by atoms with van der Waals surface area (Å²) in [6.07, 6.45) is 0. The molecule has 1 aliphatic rings. The van der Waals surface area contributed by atoms with Crippen molar-refractivity contribution in [3.63, 3.8) is 0 Å². The first kappa shape index (κ1) is 22.4. The van der Waals surface area contributed by atoms with E-state index in [0.29, 0.717) is 38.6 Å². The minimum Gasteiger partial charge on any atom is -0.497 e. The summed E-state index contributed by atoms with van der Waals surface area (Å²) in [5.41, 5.74) is 2.99. The number of nitrogens with zero attached hydrogens (tertiary/aromatic N) is 2. The number of hydrogen-bond donors (Lipinski definition) is 1. The van der Waals surface area contributed by atoms with Crippen LogP contribution in [0, 0.1) is 3.57 Å². The Morgan fingerprint density at radius 2 is 1.85 bits per heavy atom. The summed E-state index contributed by atoms with van der Waals surface area (Å²) in [7, 11) is 1.52. The molecule has 4 aromatic rings. The van der Waals surface area contributed by atoms with Crippen molar-refractivity contribution in [2.24, 2.45) is 5.16 Å². The van der Waals surface area contributed by atoms with Crippen LogP contribution in [0.1, 0.15) is 11.1 Å². The minimum absolute atomic E-state index is 0.0656. The molecule has 5 rings (SSSR count). The third-order valence-corrected chi connectivity index (χ3v) is 6.68. The highest BCUT2D eigenvalue weighted by molar-refractivity contribution is 14.1. The van der Waals surface area contributed by atoms with Gasteiger partial charge in [-0.3, -0.25) is 4.79 Å². The van der Waals surface area contributed by atoms with E-state index in [1.54, 1.807) is 24.3 Å². The van der Waals surface area contributed by atoms with E-state index in [-0.39, 0.29) is 12.3 Å². The third kappa shape index (κ3) is 3.82. The Morgan fingerprint density at radius 3 is 2.59 bits per heavy atom. The van der Waals surface area contributed by atoms with Crippen molar-refractivity contribution in [3.05, 3.63) is 90.8 Å². The standard InChI is InChI=1S/C25H16ClIN2O5/c1-33-16-4-7-18-14(9-23(30)34-22(18)11-16)12-29-21-8-13(17-6-3-15(27)10-20(17)26)2-5-19(21)24(28-32)25(29)31/h2-11,32H,12H2,1H3/b28-24-. The van der Waals surface area contributed by atoms with Crippen LogP contribution in [0.3, 0.4) is 0 Å². The SMILES string of the molecule is COc1ccc2c(CN3C(=O)/C(=N\O)c4ccc(-c5ccc(I)cc5Cl)cc43)cc(=O)oc2c1. The zero-order valence-corrected chi connectivity index (χ0v) is 20.6. The second-order valence-electron chi connectivity index (χ2n) is 7.65. The average Bonchev–Trinajstić information content (AvgIpc) is 3.08. The molecule has 7 nitrogen and oxygen atoms in total. The molecule has 34 heavy (non-hydrogen) atoms. The molecule has 0 aliphatic carbocycles. The molecule has 170 valence electrons. The number of hydrogen-bond acceptors (Lipinski definition) is 6. The van der Waals surface area contributed by atoms with Crippen LogP contribution >= 0.6 is 34.2 Å². The van der Waals surface area contributed by atoms with Gasteiger partial charge in [-0.1, -0.05) is 28.9 Å². The van der Waals surface area contributed by atoms with Gasteiger partial charge in [0.25, 0.3) is 5.91 Å². The summed E-state index contributed by atoms with van der Waals surface area (Å²) in [5, 5.41) is 14.0. The number of rotatable bonds is 4. The van der Waals surface area contributed by atoms with Crippen molar-refractivity contribution in [2.75, 3.05) is 12.0 Å². The fourth-order valence-electron chi connectivity index (χ4n) is 4.09. The molecule has 3 aromatic carbocycles. The van der Waals surface area contributed by atoms with Crippen molar-refractivity contribution in [2.45, 2.75) is 6.54 Å². The number of amides is 1. The van der Waals surface area contributed by atoms with E-state index < -0.39 is 11.5 Å². The van der Waals surface area contributed by atoms with Gasteiger partial charge in [-0.15, -0.1) is 0 Å². The second-order valence-corrected chi connectivity index (χ2v) is 9.30. The molecule has 0 unspecified atom stereocenters. The van der Waals surface area contributed by atoms with Crippen molar-refractivity contribution in [1.29, 1.82) is 0 Å². The van der Waals surface area contributed by atoms with Gasteiger partial charge < -0.3 is 19.3 Å². The number of carbonyl (C=O) groups is 1. The number of oxime groups is 1. The third-order valence-electron chi connectivity index (χ3n) is 5.70. The molecule has 9 heteroatoms. The van der Waals surface area contributed by atoms with Gasteiger partial charge >= 0.3 is 5.63 Å². The van der Waals surface area contributed by atoms with Gasteiger partial charge in [0.2, 0.25) is 0 Å². The van der Waals surface area contributed by atoms with Gasteiger partial charge in [0.1, 0.15) is 11.3 Å². The Kier molecular flexibility index (Phi) is 5.78. The maximum Gasteiger partial charge on any atom is 0.336 e. The van der Waals surface area contributed by atoms with Gasteiger partial charge in [0, 0.05) is 37.2 Å². The van der Waals surface area contributed by atoms with Crippen LogP contribution in [-0.2, 0) is 11.3 Å². The topological polar surface area (TPSA) is 92.3 Å². The minimum atomic E-state index is -0.543. The molecule has 0 atom stereocenters. The monoisotopic (exact) mass is 586 g/mol. The Balaban J connectivity index is 1.63. The maximum atomic E-state index is 13.2. The van der Waals surface area contributed by atoms with E-state index >= 15 is 0 Å². The zero-order chi connectivity index (χ0) is 24.0. The highest BCUT2D eigenvalue weighted by Crippen LogP contribution is 2.38. The van der Waals surface area contributed by atoms with Crippen LogP contribution in [0.4, 0.5) is 5.69 Å². The van der Waals surface area contributed by atoms with Crippen LogP contribution in [-0.4, -0.2) is 23.9 Å². The van der Waals surface area contributed by atoms with Crippen LogP contribution in [0.15, 0.2) is 75.0 Å². The lowest BCUT2D eigenvalue weighted by atomic mass is 10.0. The van der Waals surface area contributed by atoms with E-state index in [1.807, 2.05) is 30.3 Å². The number of benzene rings is 3.